The fourth-order valence-electron chi connectivity index (χ4n) is 3.22. The van der Waals surface area contributed by atoms with Crippen molar-refractivity contribution < 1.29 is 13.6 Å². The lowest BCUT2D eigenvalue weighted by Gasteiger charge is -2.17. The van der Waals surface area contributed by atoms with Gasteiger partial charge in [-0.25, -0.2) is 18.7 Å². The minimum absolute atomic E-state index is 0.0150. The summed E-state index contributed by atoms with van der Waals surface area (Å²) in [5, 5.41) is 5.32. The maximum Gasteiger partial charge on any atom is 0.274 e. The number of aromatic nitrogens is 2. The van der Waals surface area contributed by atoms with Crippen LogP contribution in [0.2, 0.25) is 0 Å². The lowest BCUT2D eigenvalue weighted by Crippen LogP contribution is -2.17. The molecule has 6 nitrogen and oxygen atoms in total. The first-order valence-corrected chi connectivity index (χ1v) is 9.29. The highest BCUT2D eigenvalue weighted by molar-refractivity contribution is 6.03. The fourth-order valence-corrected chi connectivity index (χ4v) is 3.22. The zero-order chi connectivity index (χ0) is 20.2. The standard InChI is InChI=1S/C21H19F2N5O/c22-16-4-3-5-17(23)20(16)27-21(29)18-12-19(25-13-24-18)26-14-6-8-15(9-7-14)28-10-1-2-11-28/h3-9,12-13H,1-2,10-11H2,(H,27,29)(H,24,25,26). The van der Waals surface area contributed by atoms with E-state index in [1.807, 2.05) is 24.3 Å². The highest BCUT2D eigenvalue weighted by Crippen LogP contribution is 2.24. The second-order valence-corrected chi connectivity index (χ2v) is 6.71. The number of hydrogen-bond acceptors (Lipinski definition) is 5. The van der Waals surface area contributed by atoms with Crippen molar-refractivity contribution in [3.8, 4) is 0 Å². The fraction of sp³-hybridized carbons (Fsp3) is 0.190. The SMILES string of the molecule is O=C(Nc1c(F)cccc1F)c1cc(Nc2ccc(N3CCCC3)cc2)ncn1. The van der Waals surface area contributed by atoms with Crippen LogP contribution in [-0.2, 0) is 0 Å². The normalized spacial score (nSPS) is 13.4. The average molecular weight is 395 g/mol. The van der Waals surface area contributed by atoms with Crippen LogP contribution in [0.4, 0.5) is 31.7 Å². The molecule has 2 N–H and O–H groups in total. The second kappa shape index (κ2) is 8.22. The number of rotatable bonds is 5. The predicted octanol–water partition coefficient (Wildman–Crippen LogP) is 4.35. The van der Waals surface area contributed by atoms with Crippen LogP contribution >= 0.6 is 0 Å². The van der Waals surface area contributed by atoms with Crippen LogP contribution in [0.25, 0.3) is 0 Å². The van der Waals surface area contributed by atoms with E-state index in [2.05, 4.69) is 25.5 Å². The van der Waals surface area contributed by atoms with Gasteiger partial charge in [-0.2, -0.15) is 0 Å². The molecule has 0 bridgehead atoms. The van der Waals surface area contributed by atoms with Gasteiger partial charge in [0.15, 0.2) is 0 Å². The van der Waals surface area contributed by atoms with Gasteiger partial charge in [0.2, 0.25) is 0 Å². The third kappa shape index (κ3) is 4.31. The van der Waals surface area contributed by atoms with Crippen molar-refractivity contribution in [2.75, 3.05) is 28.6 Å². The van der Waals surface area contributed by atoms with Gasteiger partial charge in [0, 0.05) is 30.5 Å². The molecule has 0 atom stereocenters. The van der Waals surface area contributed by atoms with Crippen LogP contribution in [0.15, 0.2) is 54.9 Å². The van der Waals surface area contributed by atoms with Gasteiger partial charge in [0.25, 0.3) is 5.91 Å². The number of carbonyl (C=O) groups is 1. The Labute approximate surface area is 166 Å². The maximum atomic E-state index is 13.7. The first-order chi connectivity index (χ1) is 14.1. The Morgan fingerprint density at radius 1 is 0.966 bits per heavy atom. The lowest BCUT2D eigenvalue weighted by atomic mass is 10.2. The van der Waals surface area contributed by atoms with E-state index in [9.17, 15) is 13.6 Å². The zero-order valence-corrected chi connectivity index (χ0v) is 15.5. The largest absolute Gasteiger partial charge is 0.372 e. The number of carbonyl (C=O) groups excluding carboxylic acids is 1. The van der Waals surface area contributed by atoms with Gasteiger partial charge >= 0.3 is 0 Å². The molecule has 1 saturated heterocycles. The van der Waals surface area contributed by atoms with E-state index in [-0.39, 0.29) is 5.69 Å². The Balaban J connectivity index is 1.46. The molecule has 0 aliphatic carbocycles. The number of benzene rings is 2. The number of halogens is 2. The van der Waals surface area contributed by atoms with Gasteiger partial charge in [0.05, 0.1) is 0 Å². The molecule has 2 aromatic carbocycles. The number of amides is 1. The molecule has 0 spiro atoms. The Morgan fingerprint density at radius 2 is 1.66 bits per heavy atom. The molecule has 0 unspecified atom stereocenters. The van der Waals surface area contributed by atoms with Crippen LogP contribution in [0, 0.1) is 11.6 Å². The van der Waals surface area contributed by atoms with E-state index < -0.39 is 23.2 Å². The number of nitrogens with zero attached hydrogens (tertiary/aromatic N) is 3. The molecule has 2 heterocycles. The molecule has 29 heavy (non-hydrogen) atoms. The quantitative estimate of drug-likeness (QED) is 0.672. The van der Waals surface area contributed by atoms with E-state index in [4.69, 9.17) is 0 Å². The highest BCUT2D eigenvalue weighted by Gasteiger charge is 2.15. The monoisotopic (exact) mass is 395 g/mol. The predicted molar refractivity (Wildman–Crippen MR) is 108 cm³/mol. The van der Waals surface area contributed by atoms with Gasteiger partial charge in [-0.3, -0.25) is 4.79 Å². The summed E-state index contributed by atoms with van der Waals surface area (Å²) in [7, 11) is 0. The summed E-state index contributed by atoms with van der Waals surface area (Å²) in [6.45, 7) is 2.14. The van der Waals surface area contributed by atoms with Crippen molar-refractivity contribution in [2.45, 2.75) is 12.8 Å². The first kappa shape index (κ1) is 18.8. The van der Waals surface area contributed by atoms with Crippen molar-refractivity contribution in [1.29, 1.82) is 0 Å². The Hall–Kier alpha value is -3.55. The molecule has 3 aromatic rings. The summed E-state index contributed by atoms with van der Waals surface area (Å²) < 4.78 is 27.5. The van der Waals surface area contributed by atoms with Crippen LogP contribution in [-0.4, -0.2) is 29.0 Å². The van der Waals surface area contributed by atoms with Crippen molar-refractivity contribution in [3.63, 3.8) is 0 Å². The Kier molecular flexibility index (Phi) is 5.33. The average Bonchev–Trinajstić information content (AvgIpc) is 3.26. The smallest absolute Gasteiger partial charge is 0.274 e. The third-order valence-corrected chi connectivity index (χ3v) is 4.71. The van der Waals surface area contributed by atoms with E-state index in [1.54, 1.807) is 0 Å². The van der Waals surface area contributed by atoms with Crippen LogP contribution in [0.5, 0.6) is 0 Å². The number of anilines is 4. The topological polar surface area (TPSA) is 70.2 Å². The molecule has 1 amide bonds. The molecule has 1 aliphatic heterocycles. The minimum Gasteiger partial charge on any atom is -0.372 e. The van der Waals surface area contributed by atoms with Crippen LogP contribution in [0.3, 0.4) is 0 Å². The third-order valence-electron chi connectivity index (χ3n) is 4.71. The molecule has 8 heteroatoms. The van der Waals surface area contributed by atoms with E-state index in [1.165, 1.54) is 37.0 Å². The maximum absolute atomic E-state index is 13.7. The number of para-hydroxylation sites is 1. The summed E-state index contributed by atoms with van der Waals surface area (Å²) in [6, 6.07) is 12.7. The molecular formula is C21H19F2N5O. The van der Waals surface area contributed by atoms with Crippen LogP contribution in [0.1, 0.15) is 23.3 Å². The molecule has 148 valence electrons. The molecule has 1 fully saturated rings. The molecule has 4 rings (SSSR count). The summed E-state index contributed by atoms with van der Waals surface area (Å²) in [6.07, 6.45) is 3.64. The Bertz CT molecular complexity index is 1000. The molecule has 1 aromatic heterocycles. The summed E-state index contributed by atoms with van der Waals surface area (Å²) in [5.74, 6) is -2.05. The molecular weight excluding hydrogens is 376 g/mol. The molecule has 0 radical (unpaired) electrons. The zero-order valence-electron chi connectivity index (χ0n) is 15.5. The first-order valence-electron chi connectivity index (χ1n) is 9.29. The number of nitrogens with one attached hydrogen (secondary N) is 2. The second-order valence-electron chi connectivity index (χ2n) is 6.71. The van der Waals surface area contributed by atoms with Gasteiger partial charge < -0.3 is 15.5 Å². The van der Waals surface area contributed by atoms with Crippen molar-refractivity contribution in [2.24, 2.45) is 0 Å². The molecule has 0 saturated carbocycles. The van der Waals surface area contributed by atoms with Gasteiger partial charge in [-0.15, -0.1) is 0 Å². The summed E-state index contributed by atoms with van der Waals surface area (Å²) in [4.78, 5) is 22.7. The summed E-state index contributed by atoms with van der Waals surface area (Å²) in [5.41, 5.74) is 1.45. The Morgan fingerprint density at radius 3 is 2.34 bits per heavy atom. The van der Waals surface area contributed by atoms with E-state index in [0.717, 1.165) is 30.9 Å². The van der Waals surface area contributed by atoms with Gasteiger partial charge in [-0.05, 0) is 49.2 Å². The highest BCUT2D eigenvalue weighted by atomic mass is 19.1. The van der Waals surface area contributed by atoms with E-state index >= 15 is 0 Å². The van der Waals surface area contributed by atoms with E-state index in [0.29, 0.717) is 5.82 Å². The van der Waals surface area contributed by atoms with Crippen LogP contribution < -0.4 is 15.5 Å². The summed E-state index contributed by atoms with van der Waals surface area (Å²) >= 11 is 0. The van der Waals surface area contributed by atoms with Crippen molar-refractivity contribution >= 4 is 28.8 Å². The van der Waals surface area contributed by atoms with Gasteiger partial charge in [-0.1, -0.05) is 6.07 Å². The number of hydrogen-bond donors (Lipinski definition) is 2. The minimum atomic E-state index is -0.858. The lowest BCUT2D eigenvalue weighted by molar-refractivity contribution is 0.102. The molecule has 1 aliphatic rings. The van der Waals surface area contributed by atoms with Crippen molar-refractivity contribution in [3.05, 3.63) is 72.2 Å². The van der Waals surface area contributed by atoms with Crippen molar-refractivity contribution in [1.82, 2.24) is 9.97 Å². The van der Waals surface area contributed by atoms with Gasteiger partial charge in [0.1, 0.15) is 35.2 Å².